The average Bonchev–Trinajstić information content (AvgIpc) is 2.61. The molecule has 0 spiro atoms. The van der Waals surface area contributed by atoms with Gasteiger partial charge >= 0.3 is 0 Å². The van der Waals surface area contributed by atoms with E-state index in [4.69, 9.17) is 9.47 Å². The number of hydrogen-bond donors (Lipinski definition) is 0. The van der Waals surface area contributed by atoms with Gasteiger partial charge in [0.2, 0.25) is 0 Å². The Kier molecular flexibility index (Phi) is 5.45. The summed E-state index contributed by atoms with van der Waals surface area (Å²) in [7, 11) is 0. The summed E-state index contributed by atoms with van der Waals surface area (Å²) in [6.07, 6.45) is 1.45. The van der Waals surface area contributed by atoms with E-state index in [9.17, 15) is 13.2 Å². The first kappa shape index (κ1) is 18.0. The molecule has 2 nitrogen and oxygen atoms in total. The second-order valence-electron chi connectivity index (χ2n) is 6.27. The zero-order valence-electron chi connectivity index (χ0n) is 14.3. The average molecular weight is 350 g/mol. The lowest BCUT2D eigenvalue weighted by Gasteiger charge is -2.29. The van der Waals surface area contributed by atoms with Gasteiger partial charge in [-0.3, -0.25) is 0 Å². The highest BCUT2D eigenvalue weighted by Crippen LogP contribution is 2.33. The van der Waals surface area contributed by atoms with E-state index in [1.807, 2.05) is 6.92 Å². The molecule has 0 N–H and O–H groups in total. The molecule has 0 amide bonds. The molecular weight excluding hydrogens is 329 g/mol. The molecule has 0 radical (unpaired) electrons. The number of halogens is 3. The molecule has 1 heterocycles. The lowest BCUT2D eigenvalue weighted by molar-refractivity contribution is -0.0840. The fourth-order valence-electron chi connectivity index (χ4n) is 3.16. The van der Waals surface area contributed by atoms with Crippen LogP contribution in [0.25, 0.3) is 11.1 Å². The Morgan fingerprint density at radius 3 is 2.44 bits per heavy atom. The van der Waals surface area contributed by atoms with Gasteiger partial charge in [0.15, 0.2) is 11.6 Å². The van der Waals surface area contributed by atoms with Crippen LogP contribution in [0.1, 0.15) is 37.0 Å². The maximum Gasteiger partial charge on any atom is 0.167 e. The predicted molar refractivity (Wildman–Crippen MR) is 89.8 cm³/mol. The minimum absolute atomic E-state index is 0.0446. The van der Waals surface area contributed by atoms with Crippen LogP contribution >= 0.6 is 0 Å². The van der Waals surface area contributed by atoms with Crippen LogP contribution in [0.15, 0.2) is 30.3 Å². The Morgan fingerprint density at radius 1 is 1.04 bits per heavy atom. The van der Waals surface area contributed by atoms with Gasteiger partial charge in [0.05, 0.1) is 18.8 Å². The summed E-state index contributed by atoms with van der Waals surface area (Å²) in [6.45, 7) is 4.52. The zero-order chi connectivity index (χ0) is 18.0. The summed E-state index contributed by atoms with van der Waals surface area (Å²) >= 11 is 0. The Hall–Kier alpha value is -1.85. The topological polar surface area (TPSA) is 18.5 Å². The van der Waals surface area contributed by atoms with Crippen LogP contribution in [0.3, 0.4) is 0 Å². The first-order valence-corrected chi connectivity index (χ1v) is 8.48. The van der Waals surface area contributed by atoms with Gasteiger partial charge in [-0.25, -0.2) is 13.2 Å². The second-order valence-corrected chi connectivity index (χ2v) is 6.27. The molecule has 0 aromatic heterocycles. The van der Waals surface area contributed by atoms with Gasteiger partial charge in [-0.15, -0.1) is 0 Å². The molecule has 1 saturated heterocycles. The molecule has 1 aliphatic rings. The van der Waals surface area contributed by atoms with Crippen molar-refractivity contribution in [2.24, 2.45) is 0 Å². The van der Waals surface area contributed by atoms with Gasteiger partial charge in [-0.1, -0.05) is 24.3 Å². The normalized spacial score (nSPS) is 20.7. The van der Waals surface area contributed by atoms with Gasteiger partial charge in [-0.05, 0) is 43.9 Å². The van der Waals surface area contributed by atoms with Crippen molar-refractivity contribution in [1.82, 2.24) is 0 Å². The quantitative estimate of drug-likeness (QED) is 0.741. The van der Waals surface area contributed by atoms with Crippen molar-refractivity contribution in [1.29, 1.82) is 0 Å². The number of rotatable bonds is 4. The lowest BCUT2D eigenvalue weighted by Crippen LogP contribution is -2.27. The molecule has 2 aromatic rings. The van der Waals surface area contributed by atoms with Crippen molar-refractivity contribution in [3.05, 3.63) is 58.9 Å². The molecule has 25 heavy (non-hydrogen) atoms. The molecule has 3 rings (SSSR count). The molecular formula is C20H21F3O2. The van der Waals surface area contributed by atoms with E-state index in [0.29, 0.717) is 18.8 Å². The van der Waals surface area contributed by atoms with E-state index in [1.54, 1.807) is 6.07 Å². The smallest absolute Gasteiger partial charge is 0.167 e. The third-order valence-corrected chi connectivity index (χ3v) is 4.57. The second kappa shape index (κ2) is 7.58. The number of benzene rings is 2. The standard InChI is InChI=1S/C20H21F3O2/c1-3-24-14-6-9-18(25-11-14)13-5-8-15(17(21)10-13)16-7-4-12(2)19(22)20(16)23/h4-5,7-8,10,14,18H,3,6,9,11H2,1-2H3. The van der Waals surface area contributed by atoms with Crippen LogP contribution in [0, 0.1) is 24.4 Å². The summed E-state index contributed by atoms with van der Waals surface area (Å²) < 4.78 is 53.7. The summed E-state index contributed by atoms with van der Waals surface area (Å²) in [5.74, 6) is -2.56. The zero-order valence-corrected chi connectivity index (χ0v) is 14.3. The van der Waals surface area contributed by atoms with E-state index >= 15 is 0 Å². The van der Waals surface area contributed by atoms with Gasteiger partial charge in [0, 0.05) is 17.7 Å². The molecule has 0 bridgehead atoms. The highest BCUT2D eigenvalue weighted by Gasteiger charge is 2.24. The largest absolute Gasteiger partial charge is 0.376 e. The maximum atomic E-state index is 14.5. The van der Waals surface area contributed by atoms with Gasteiger partial charge in [0.1, 0.15) is 5.82 Å². The molecule has 0 aliphatic carbocycles. The summed E-state index contributed by atoms with van der Waals surface area (Å²) in [6, 6.07) is 7.38. The van der Waals surface area contributed by atoms with Crippen molar-refractivity contribution in [3.8, 4) is 11.1 Å². The molecule has 2 aromatic carbocycles. The van der Waals surface area contributed by atoms with E-state index in [1.165, 1.54) is 31.2 Å². The fraction of sp³-hybridized carbons (Fsp3) is 0.400. The predicted octanol–water partition coefficient (Wildman–Crippen LogP) is 5.34. The van der Waals surface area contributed by atoms with E-state index in [-0.39, 0.29) is 28.9 Å². The van der Waals surface area contributed by atoms with Crippen molar-refractivity contribution in [3.63, 3.8) is 0 Å². The Balaban J connectivity index is 1.82. The molecule has 2 unspecified atom stereocenters. The maximum absolute atomic E-state index is 14.5. The molecule has 1 fully saturated rings. The Labute approximate surface area is 145 Å². The Bertz CT molecular complexity index is 753. The van der Waals surface area contributed by atoms with Crippen molar-refractivity contribution in [2.75, 3.05) is 13.2 Å². The van der Waals surface area contributed by atoms with E-state index in [2.05, 4.69) is 0 Å². The third kappa shape index (κ3) is 3.72. The van der Waals surface area contributed by atoms with Crippen LogP contribution < -0.4 is 0 Å². The summed E-state index contributed by atoms with van der Waals surface area (Å²) in [5.41, 5.74) is 0.859. The molecule has 0 saturated carbocycles. The summed E-state index contributed by atoms with van der Waals surface area (Å²) in [5, 5.41) is 0. The molecule has 134 valence electrons. The minimum Gasteiger partial charge on any atom is -0.376 e. The van der Waals surface area contributed by atoms with E-state index < -0.39 is 17.5 Å². The van der Waals surface area contributed by atoms with Crippen LogP contribution in [0.5, 0.6) is 0 Å². The Morgan fingerprint density at radius 2 is 1.80 bits per heavy atom. The van der Waals surface area contributed by atoms with Crippen molar-refractivity contribution >= 4 is 0 Å². The highest BCUT2D eigenvalue weighted by molar-refractivity contribution is 5.66. The lowest BCUT2D eigenvalue weighted by atomic mass is 9.96. The van der Waals surface area contributed by atoms with Crippen LogP contribution in [0.4, 0.5) is 13.2 Å². The number of hydrogen-bond acceptors (Lipinski definition) is 2. The third-order valence-electron chi connectivity index (χ3n) is 4.57. The van der Waals surface area contributed by atoms with Crippen LogP contribution in [-0.4, -0.2) is 19.3 Å². The summed E-state index contributed by atoms with van der Waals surface area (Å²) in [4.78, 5) is 0. The van der Waals surface area contributed by atoms with E-state index in [0.717, 1.165) is 12.8 Å². The molecule has 5 heteroatoms. The molecule has 2 atom stereocenters. The van der Waals surface area contributed by atoms with Gasteiger partial charge < -0.3 is 9.47 Å². The first-order chi connectivity index (χ1) is 12.0. The highest BCUT2D eigenvalue weighted by atomic mass is 19.2. The van der Waals surface area contributed by atoms with Gasteiger partial charge in [-0.2, -0.15) is 0 Å². The van der Waals surface area contributed by atoms with Crippen LogP contribution in [0.2, 0.25) is 0 Å². The monoisotopic (exact) mass is 350 g/mol. The number of aryl methyl sites for hydroxylation is 1. The van der Waals surface area contributed by atoms with Gasteiger partial charge in [0.25, 0.3) is 0 Å². The minimum atomic E-state index is -1.03. The fourth-order valence-corrected chi connectivity index (χ4v) is 3.16. The van der Waals surface area contributed by atoms with Crippen molar-refractivity contribution in [2.45, 2.75) is 38.9 Å². The first-order valence-electron chi connectivity index (χ1n) is 8.48. The SMILES string of the molecule is CCOC1CCC(c2ccc(-c3ccc(C)c(F)c3F)c(F)c2)OC1. The van der Waals surface area contributed by atoms with Crippen molar-refractivity contribution < 1.29 is 22.6 Å². The van der Waals surface area contributed by atoms with Crippen LogP contribution in [-0.2, 0) is 9.47 Å². The number of ether oxygens (including phenoxy) is 2. The molecule has 1 aliphatic heterocycles.